The van der Waals surface area contributed by atoms with Gasteiger partial charge < -0.3 is 14.4 Å². The number of carbonyl (C=O) groups is 1. The minimum Gasteiger partial charge on any atom is -0.366 e. The molecule has 0 saturated carbocycles. The quantitative estimate of drug-likeness (QED) is 0.627. The summed E-state index contributed by atoms with van der Waals surface area (Å²) in [5, 5.41) is 0.701. The van der Waals surface area contributed by atoms with E-state index in [0.29, 0.717) is 48.3 Å². The maximum atomic E-state index is 12.9. The fourth-order valence-electron chi connectivity index (χ4n) is 3.90. The van der Waals surface area contributed by atoms with Crippen LogP contribution in [0.25, 0.3) is 10.9 Å². The van der Waals surface area contributed by atoms with Gasteiger partial charge in [0, 0.05) is 57.3 Å². The Bertz CT molecular complexity index is 1280. The number of carbonyl (C=O) groups excluding carboxylic acids is 1. The number of para-hydroxylation sites is 1. The SMILES string of the molecule is Cn1c(=O)c(S(C)(=O)=O)c(N2CCN(C(=O)c3cccnc3)CC2)c2ccccc21. The van der Waals surface area contributed by atoms with Crippen molar-refractivity contribution in [1.82, 2.24) is 14.5 Å². The predicted molar refractivity (Wildman–Crippen MR) is 115 cm³/mol. The first-order valence-corrected chi connectivity index (χ1v) is 11.4. The van der Waals surface area contributed by atoms with Gasteiger partial charge in [-0.2, -0.15) is 0 Å². The summed E-state index contributed by atoms with van der Waals surface area (Å²) in [6.45, 7) is 1.68. The molecule has 0 spiro atoms. The maximum absolute atomic E-state index is 12.9. The topological polar surface area (TPSA) is 92.6 Å². The van der Waals surface area contributed by atoms with Gasteiger partial charge in [0.15, 0.2) is 14.7 Å². The van der Waals surface area contributed by atoms with Crippen molar-refractivity contribution >= 4 is 32.3 Å². The molecule has 9 heteroatoms. The van der Waals surface area contributed by atoms with Crippen LogP contribution in [0.4, 0.5) is 5.69 Å². The Morgan fingerprint density at radius 2 is 1.73 bits per heavy atom. The van der Waals surface area contributed by atoms with Crippen LogP contribution in [0.15, 0.2) is 58.5 Å². The van der Waals surface area contributed by atoms with Gasteiger partial charge in [0.25, 0.3) is 11.5 Å². The number of anilines is 1. The van der Waals surface area contributed by atoms with E-state index in [9.17, 15) is 18.0 Å². The lowest BCUT2D eigenvalue weighted by Gasteiger charge is -2.37. The van der Waals surface area contributed by atoms with E-state index >= 15 is 0 Å². The van der Waals surface area contributed by atoms with Crippen molar-refractivity contribution in [1.29, 1.82) is 0 Å². The Labute approximate surface area is 174 Å². The molecule has 156 valence electrons. The van der Waals surface area contributed by atoms with Crippen molar-refractivity contribution < 1.29 is 13.2 Å². The molecule has 1 aliphatic heterocycles. The number of amides is 1. The van der Waals surface area contributed by atoms with Crippen LogP contribution in [0.1, 0.15) is 10.4 Å². The van der Waals surface area contributed by atoms with Gasteiger partial charge in [-0.05, 0) is 18.2 Å². The molecule has 3 aromatic rings. The van der Waals surface area contributed by atoms with Crippen LogP contribution in [0, 0.1) is 0 Å². The number of hydrogen-bond donors (Lipinski definition) is 0. The number of aromatic nitrogens is 2. The molecular weight excluding hydrogens is 404 g/mol. The summed E-state index contributed by atoms with van der Waals surface area (Å²) >= 11 is 0. The zero-order valence-electron chi connectivity index (χ0n) is 16.8. The molecule has 0 aliphatic carbocycles. The first kappa shape index (κ1) is 20.1. The van der Waals surface area contributed by atoms with Gasteiger partial charge in [0.05, 0.1) is 16.8 Å². The van der Waals surface area contributed by atoms with Gasteiger partial charge >= 0.3 is 0 Å². The van der Waals surface area contributed by atoms with Crippen molar-refractivity contribution in [3.05, 3.63) is 64.7 Å². The van der Waals surface area contributed by atoms with Crippen molar-refractivity contribution in [3.63, 3.8) is 0 Å². The summed E-state index contributed by atoms with van der Waals surface area (Å²) < 4.78 is 26.5. The van der Waals surface area contributed by atoms with E-state index in [2.05, 4.69) is 4.98 Å². The first-order valence-electron chi connectivity index (χ1n) is 9.55. The van der Waals surface area contributed by atoms with E-state index in [1.807, 2.05) is 23.1 Å². The van der Waals surface area contributed by atoms with Gasteiger partial charge in [-0.1, -0.05) is 18.2 Å². The number of hydrogen-bond acceptors (Lipinski definition) is 6. The molecule has 0 atom stereocenters. The average molecular weight is 426 g/mol. The van der Waals surface area contributed by atoms with Gasteiger partial charge in [-0.25, -0.2) is 8.42 Å². The lowest BCUT2D eigenvalue weighted by Crippen LogP contribution is -2.49. The highest BCUT2D eigenvalue weighted by Crippen LogP contribution is 2.32. The lowest BCUT2D eigenvalue weighted by molar-refractivity contribution is 0.0746. The summed E-state index contributed by atoms with van der Waals surface area (Å²) in [5.41, 5.74) is 1.06. The molecule has 0 bridgehead atoms. The van der Waals surface area contributed by atoms with Crippen molar-refractivity contribution in [3.8, 4) is 0 Å². The van der Waals surface area contributed by atoms with Crippen LogP contribution in [0.5, 0.6) is 0 Å². The highest BCUT2D eigenvalue weighted by atomic mass is 32.2. The molecule has 2 aromatic heterocycles. The predicted octanol–water partition coefficient (Wildman–Crippen LogP) is 1.30. The third-order valence-corrected chi connectivity index (χ3v) is 6.51. The second-order valence-corrected chi connectivity index (χ2v) is 9.30. The monoisotopic (exact) mass is 426 g/mol. The van der Waals surface area contributed by atoms with E-state index in [-0.39, 0.29) is 10.8 Å². The molecule has 1 amide bonds. The molecule has 0 N–H and O–H groups in total. The number of benzene rings is 1. The molecule has 1 aromatic carbocycles. The van der Waals surface area contributed by atoms with Crippen LogP contribution in [-0.4, -0.2) is 61.2 Å². The van der Waals surface area contributed by atoms with Crippen molar-refractivity contribution in [2.24, 2.45) is 7.05 Å². The molecular formula is C21H22N4O4S. The van der Waals surface area contributed by atoms with E-state index in [0.717, 1.165) is 6.26 Å². The summed E-state index contributed by atoms with van der Waals surface area (Å²) in [6.07, 6.45) is 4.21. The van der Waals surface area contributed by atoms with E-state index < -0.39 is 15.4 Å². The number of nitrogens with zero attached hydrogens (tertiary/aromatic N) is 4. The lowest BCUT2D eigenvalue weighted by atomic mass is 10.1. The Morgan fingerprint density at radius 1 is 1.03 bits per heavy atom. The van der Waals surface area contributed by atoms with E-state index in [4.69, 9.17) is 0 Å². The molecule has 1 saturated heterocycles. The zero-order valence-corrected chi connectivity index (χ0v) is 17.6. The Morgan fingerprint density at radius 3 is 2.37 bits per heavy atom. The minimum absolute atomic E-state index is 0.111. The van der Waals surface area contributed by atoms with Crippen molar-refractivity contribution in [2.45, 2.75) is 4.90 Å². The second-order valence-electron chi connectivity index (χ2n) is 7.35. The highest BCUT2D eigenvalue weighted by Gasteiger charge is 2.30. The number of pyridine rings is 2. The largest absolute Gasteiger partial charge is 0.366 e. The minimum atomic E-state index is -3.76. The third kappa shape index (κ3) is 3.45. The third-order valence-electron chi connectivity index (χ3n) is 5.40. The fourth-order valence-corrected chi connectivity index (χ4v) is 4.95. The van der Waals surface area contributed by atoms with Crippen LogP contribution < -0.4 is 10.5 Å². The molecule has 8 nitrogen and oxygen atoms in total. The first-order chi connectivity index (χ1) is 14.3. The summed E-state index contributed by atoms with van der Waals surface area (Å²) in [4.78, 5) is 33.0. The normalized spacial score (nSPS) is 14.9. The molecule has 3 heterocycles. The van der Waals surface area contributed by atoms with Crippen molar-refractivity contribution in [2.75, 3.05) is 37.3 Å². The second kappa shape index (κ2) is 7.56. The Kier molecular flexibility index (Phi) is 5.07. The smallest absolute Gasteiger partial charge is 0.271 e. The van der Waals surface area contributed by atoms with Gasteiger partial charge in [0.2, 0.25) is 0 Å². The van der Waals surface area contributed by atoms with Gasteiger partial charge in [0.1, 0.15) is 0 Å². The van der Waals surface area contributed by atoms with Crippen LogP contribution in [0.2, 0.25) is 0 Å². The number of fused-ring (bicyclic) bond motifs is 1. The number of piperazine rings is 1. The van der Waals surface area contributed by atoms with Crippen LogP contribution >= 0.6 is 0 Å². The Balaban J connectivity index is 1.74. The van der Waals surface area contributed by atoms with Crippen LogP contribution in [-0.2, 0) is 16.9 Å². The van der Waals surface area contributed by atoms with E-state index in [1.54, 1.807) is 36.3 Å². The number of sulfone groups is 1. The summed E-state index contributed by atoms with van der Waals surface area (Å²) in [7, 11) is -2.19. The summed E-state index contributed by atoms with van der Waals surface area (Å²) in [6, 6.07) is 10.7. The molecule has 1 fully saturated rings. The number of rotatable bonds is 3. The maximum Gasteiger partial charge on any atom is 0.271 e. The zero-order chi connectivity index (χ0) is 21.5. The molecule has 1 aliphatic rings. The molecule has 4 rings (SSSR count). The Hall–Kier alpha value is -3.20. The van der Waals surface area contributed by atoms with Crippen LogP contribution in [0.3, 0.4) is 0 Å². The van der Waals surface area contributed by atoms with E-state index in [1.165, 1.54) is 10.8 Å². The fraction of sp³-hybridized carbons (Fsp3) is 0.286. The molecule has 30 heavy (non-hydrogen) atoms. The standard InChI is InChI=1S/C21H22N4O4S/c1-23-17-8-4-3-7-16(17)18(19(21(23)27)30(2,28)29)24-10-12-25(13-11-24)20(26)15-6-5-9-22-14-15/h3-9,14H,10-13H2,1-2H3. The number of aryl methyl sites for hydroxylation is 1. The van der Waals surface area contributed by atoms with Gasteiger partial charge in [-0.3, -0.25) is 14.6 Å². The summed E-state index contributed by atoms with van der Waals surface area (Å²) in [5.74, 6) is -0.111. The average Bonchev–Trinajstić information content (AvgIpc) is 2.75. The highest BCUT2D eigenvalue weighted by molar-refractivity contribution is 7.90. The molecule has 0 unspecified atom stereocenters. The van der Waals surface area contributed by atoms with Gasteiger partial charge in [-0.15, -0.1) is 0 Å². The molecule has 0 radical (unpaired) electrons.